The zero-order chi connectivity index (χ0) is 13.3. The van der Waals surface area contributed by atoms with Gasteiger partial charge in [-0.15, -0.1) is 24.0 Å². The van der Waals surface area contributed by atoms with Gasteiger partial charge in [-0.25, -0.2) is 0 Å². The molecule has 0 aliphatic carbocycles. The molecule has 2 aliphatic heterocycles. The molecule has 2 unspecified atom stereocenters. The second-order valence-electron chi connectivity index (χ2n) is 4.80. The highest BCUT2D eigenvalue weighted by atomic mass is 127. The summed E-state index contributed by atoms with van der Waals surface area (Å²) in [6.07, 6.45) is 2.76. The van der Waals surface area contributed by atoms with Crippen LogP contribution in [0, 0.1) is 0 Å². The maximum absolute atomic E-state index is 5.59. The summed E-state index contributed by atoms with van der Waals surface area (Å²) in [4.78, 5) is 4.58. The number of thioether (sulfide) groups is 1. The van der Waals surface area contributed by atoms with E-state index in [0.717, 1.165) is 24.3 Å². The molecule has 0 aromatic rings. The van der Waals surface area contributed by atoms with E-state index in [9.17, 15) is 0 Å². The summed E-state index contributed by atoms with van der Waals surface area (Å²) in [6.45, 7) is 6.67. The molecule has 7 heteroatoms. The number of nitrogens with one attached hydrogen (secondary N) is 2. The largest absolute Gasteiger partial charge is 0.376 e. The molecule has 20 heavy (non-hydrogen) atoms. The van der Waals surface area contributed by atoms with Crippen molar-refractivity contribution in [1.82, 2.24) is 10.6 Å². The molecule has 0 bridgehead atoms. The van der Waals surface area contributed by atoms with Crippen molar-refractivity contribution in [3.8, 4) is 0 Å². The van der Waals surface area contributed by atoms with Gasteiger partial charge in [-0.05, 0) is 25.5 Å². The van der Waals surface area contributed by atoms with Crippen LogP contribution in [0.25, 0.3) is 0 Å². The van der Waals surface area contributed by atoms with Crippen LogP contribution in [-0.4, -0.2) is 62.5 Å². The molecule has 0 spiro atoms. The van der Waals surface area contributed by atoms with Gasteiger partial charge in [0.1, 0.15) is 6.10 Å². The van der Waals surface area contributed by atoms with Gasteiger partial charge in [0.15, 0.2) is 5.96 Å². The first-order valence-corrected chi connectivity index (χ1v) is 8.26. The van der Waals surface area contributed by atoms with E-state index in [-0.39, 0.29) is 30.1 Å². The molecule has 0 aromatic heterocycles. The van der Waals surface area contributed by atoms with Crippen molar-refractivity contribution >= 4 is 41.7 Å². The highest BCUT2D eigenvalue weighted by Crippen LogP contribution is 2.25. The Morgan fingerprint density at radius 1 is 1.35 bits per heavy atom. The van der Waals surface area contributed by atoms with Gasteiger partial charge in [0.25, 0.3) is 0 Å². The Morgan fingerprint density at radius 2 is 2.25 bits per heavy atom. The lowest BCUT2D eigenvalue weighted by atomic mass is 10.2. The van der Waals surface area contributed by atoms with Crippen LogP contribution in [0.5, 0.6) is 0 Å². The highest BCUT2D eigenvalue weighted by Gasteiger charge is 2.16. The second kappa shape index (κ2) is 10.9. The van der Waals surface area contributed by atoms with Crippen LogP contribution in [0.15, 0.2) is 4.99 Å². The summed E-state index contributed by atoms with van der Waals surface area (Å²) in [5, 5.41) is 7.44. The monoisotopic (exact) mass is 415 g/mol. The molecule has 0 radical (unpaired) electrons. The quantitative estimate of drug-likeness (QED) is 0.405. The van der Waals surface area contributed by atoms with Crippen molar-refractivity contribution in [3.63, 3.8) is 0 Å². The molecular formula is C13H26IN3O2S. The van der Waals surface area contributed by atoms with Crippen molar-refractivity contribution in [2.24, 2.45) is 4.99 Å². The number of hydrogen-bond donors (Lipinski definition) is 2. The van der Waals surface area contributed by atoms with Crippen LogP contribution in [0.2, 0.25) is 0 Å². The van der Waals surface area contributed by atoms with Gasteiger partial charge in [0.2, 0.25) is 0 Å². The van der Waals surface area contributed by atoms with Gasteiger partial charge in [-0.2, -0.15) is 11.8 Å². The first-order valence-electron chi connectivity index (χ1n) is 7.21. The summed E-state index contributed by atoms with van der Waals surface area (Å²) in [6, 6.07) is 0. The normalized spacial score (nSPS) is 26.9. The average Bonchev–Trinajstić information content (AvgIpc) is 2.96. The molecule has 2 atom stereocenters. The van der Waals surface area contributed by atoms with E-state index in [1.54, 1.807) is 0 Å². The summed E-state index contributed by atoms with van der Waals surface area (Å²) in [7, 11) is 0. The van der Waals surface area contributed by atoms with Crippen LogP contribution >= 0.6 is 35.7 Å². The lowest BCUT2D eigenvalue weighted by molar-refractivity contribution is -0.0832. The molecule has 2 N–H and O–H groups in total. The molecule has 118 valence electrons. The third kappa shape index (κ3) is 6.82. The first-order chi connectivity index (χ1) is 9.38. The summed E-state index contributed by atoms with van der Waals surface area (Å²) in [5.41, 5.74) is 0. The molecule has 2 fully saturated rings. The number of rotatable bonds is 5. The number of halogens is 1. The summed E-state index contributed by atoms with van der Waals surface area (Å²) < 4.78 is 11.0. The number of nitrogens with zero attached hydrogens (tertiary/aromatic N) is 1. The molecule has 0 saturated carbocycles. The molecule has 2 aliphatic rings. The lowest BCUT2D eigenvalue weighted by Crippen LogP contribution is -2.41. The van der Waals surface area contributed by atoms with Crippen molar-refractivity contribution in [3.05, 3.63) is 0 Å². The van der Waals surface area contributed by atoms with E-state index in [1.165, 1.54) is 18.6 Å². The van der Waals surface area contributed by atoms with Gasteiger partial charge in [0.05, 0.1) is 26.4 Å². The number of hydrogen-bond acceptors (Lipinski definition) is 4. The molecule has 2 saturated heterocycles. The number of guanidine groups is 1. The zero-order valence-corrected chi connectivity index (χ0v) is 15.2. The highest BCUT2D eigenvalue weighted by molar-refractivity contribution is 14.0. The van der Waals surface area contributed by atoms with Gasteiger partial charge >= 0.3 is 0 Å². The third-order valence-electron chi connectivity index (χ3n) is 3.20. The van der Waals surface area contributed by atoms with Crippen LogP contribution in [0.3, 0.4) is 0 Å². The van der Waals surface area contributed by atoms with E-state index in [4.69, 9.17) is 9.47 Å². The van der Waals surface area contributed by atoms with Gasteiger partial charge < -0.3 is 20.1 Å². The number of aliphatic imine (C=N–C) groups is 1. The molecule has 0 amide bonds. The fourth-order valence-electron chi connectivity index (χ4n) is 2.19. The molecule has 2 heterocycles. The maximum atomic E-state index is 5.59. The SMILES string of the molecule is CCNC(=NCC1COCCO1)NCC1CCCS1.I. The van der Waals surface area contributed by atoms with E-state index >= 15 is 0 Å². The Morgan fingerprint density at radius 3 is 2.90 bits per heavy atom. The fraction of sp³-hybridized carbons (Fsp3) is 0.923. The minimum absolute atomic E-state index is 0. The van der Waals surface area contributed by atoms with Crippen LogP contribution < -0.4 is 10.6 Å². The van der Waals surface area contributed by atoms with E-state index in [2.05, 4.69) is 34.3 Å². The van der Waals surface area contributed by atoms with Gasteiger partial charge in [-0.3, -0.25) is 4.99 Å². The fourth-order valence-corrected chi connectivity index (χ4v) is 3.39. The van der Waals surface area contributed by atoms with E-state index < -0.39 is 0 Å². The minimum Gasteiger partial charge on any atom is -0.376 e. The third-order valence-corrected chi connectivity index (χ3v) is 4.60. The van der Waals surface area contributed by atoms with E-state index in [1.807, 2.05) is 0 Å². The molecule has 0 aromatic carbocycles. The summed E-state index contributed by atoms with van der Waals surface area (Å²) in [5.74, 6) is 2.19. The predicted octanol–water partition coefficient (Wildman–Crippen LogP) is 1.47. The average molecular weight is 415 g/mol. The Balaban J connectivity index is 0.00000200. The van der Waals surface area contributed by atoms with Gasteiger partial charge in [0, 0.05) is 18.3 Å². The van der Waals surface area contributed by atoms with Crippen molar-refractivity contribution in [1.29, 1.82) is 0 Å². The first kappa shape index (κ1) is 18.3. The molecule has 5 nitrogen and oxygen atoms in total. The minimum atomic E-state index is 0. The Kier molecular flexibility index (Phi) is 10.0. The Bertz CT molecular complexity index is 283. The van der Waals surface area contributed by atoms with Crippen molar-refractivity contribution in [2.75, 3.05) is 45.2 Å². The van der Waals surface area contributed by atoms with E-state index in [0.29, 0.717) is 26.4 Å². The summed E-state index contributed by atoms with van der Waals surface area (Å²) >= 11 is 2.06. The smallest absolute Gasteiger partial charge is 0.191 e. The zero-order valence-electron chi connectivity index (χ0n) is 12.1. The van der Waals surface area contributed by atoms with Crippen LogP contribution in [-0.2, 0) is 9.47 Å². The Hall–Kier alpha value is 0.270. The standard InChI is InChI=1S/C13H25N3O2S.HI/c1-2-14-13(16-9-12-4-3-7-19-12)15-8-11-10-17-5-6-18-11;/h11-12H,2-10H2,1H3,(H2,14,15,16);1H. The van der Waals surface area contributed by atoms with Crippen molar-refractivity contribution < 1.29 is 9.47 Å². The molecular weight excluding hydrogens is 389 g/mol. The molecule has 2 rings (SSSR count). The topological polar surface area (TPSA) is 54.9 Å². The van der Waals surface area contributed by atoms with Crippen molar-refractivity contribution in [2.45, 2.75) is 31.1 Å². The van der Waals surface area contributed by atoms with Gasteiger partial charge in [-0.1, -0.05) is 0 Å². The predicted molar refractivity (Wildman–Crippen MR) is 95.4 cm³/mol. The van der Waals surface area contributed by atoms with Crippen LogP contribution in [0.1, 0.15) is 19.8 Å². The lowest BCUT2D eigenvalue weighted by Gasteiger charge is -2.22. The van der Waals surface area contributed by atoms with Crippen LogP contribution in [0.4, 0.5) is 0 Å². The second-order valence-corrected chi connectivity index (χ2v) is 6.21. The maximum Gasteiger partial charge on any atom is 0.191 e. The Labute approximate surface area is 143 Å². The number of ether oxygens (including phenoxy) is 2.